The first kappa shape index (κ1) is 14.0. The summed E-state index contributed by atoms with van der Waals surface area (Å²) in [5.41, 5.74) is -1.16. The van der Waals surface area contributed by atoms with Gasteiger partial charge in [-0.05, 0) is 26.7 Å². The molecule has 0 N–H and O–H groups in total. The van der Waals surface area contributed by atoms with Gasteiger partial charge in [0.1, 0.15) is 5.41 Å². The number of hydrogen-bond donors (Lipinski definition) is 0. The van der Waals surface area contributed by atoms with Crippen molar-refractivity contribution in [2.24, 2.45) is 5.41 Å². The van der Waals surface area contributed by atoms with Crippen LogP contribution in [0.3, 0.4) is 0 Å². The van der Waals surface area contributed by atoms with Gasteiger partial charge in [0, 0.05) is 13.1 Å². The zero-order valence-corrected chi connectivity index (χ0v) is 11.2. The number of rotatable bonds is 3. The van der Waals surface area contributed by atoms with E-state index in [1.165, 1.54) is 0 Å². The van der Waals surface area contributed by atoms with Gasteiger partial charge in [0.25, 0.3) is 0 Å². The van der Waals surface area contributed by atoms with Crippen LogP contribution >= 0.6 is 0 Å². The number of carbonyl (C=O) groups excluding carboxylic acids is 1. The lowest BCUT2D eigenvalue weighted by Crippen LogP contribution is -2.54. The predicted molar refractivity (Wildman–Crippen MR) is 65.2 cm³/mol. The molecule has 1 heterocycles. The van der Waals surface area contributed by atoms with Crippen molar-refractivity contribution < 1.29 is 9.53 Å². The monoisotopic (exact) mass is 238 g/mol. The second-order valence-corrected chi connectivity index (χ2v) is 5.24. The number of amides is 1. The van der Waals surface area contributed by atoms with Crippen LogP contribution in [-0.2, 0) is 9.53 Å². The Hall–Kier alpha value is -1.08. The fourth-order valence-electron chi connectivity index (χ4n) is 2.25. The summed E-state index contributed by atoms with van der Waals surface area (Å²) in [4.78, 5) is 14.2. The van der Waals surface area contributed by atoms with E-state index in [1.54, 1.807) is 4.90 Å². The van der Waals surface area contributed by atoms with Crippen molar-refractivity contribution in [3.63, 3.8) is 0 Å². The van der Waals surface area contributed by atoms with Crippen LogP contribution in [0.1, 0.15) is 40.5 Å². The quantitative estimate of drug-likeness (QED) is 0.755. The highest BCUT2D eigenvalue weighted by molar-refractivity contribution is 5.85. The molecule has 0 aromatic heterocycles. The van der Waals surface area contributed by atoms with Crippen LogP contribution in [0, 0.1) is 16.7 Å². The third-order valence-electron chi connectivity index (χ3n) is 3.54. The van der Waals surface area contributed by atoms with Gasteiger partial charge in [0.2, 0.25) is 5.91 Å². The molecule has 4 heteroatoms. The van der Waals surface area contributed by atoms with Crippen molar-refractivity contribution in [1.29, 1.82) is 5.26 Å². The van der Waals surface area contributed by atoms with E-state index in [0.717, 1.165) is 0 Å². The maximum Gasteiger partial charge on any atom is 0.243 e. The van der Waals surface area contributed by atoms with Gasteiger partial charge >= 0.3 is 0 Å². The summed E-state index contributed by atoms with van der Waals surface area (Å²) in [6.07, 6.45) is 1.13. The standard InChI is InChI=1S/C13H22N2O2/c1-5-13(6-2,9-14)11(16)15-7-8-17-12(3,4)10-15/h5-8,10H2,1-4H3. The lowest BCUT2D eigenvalue weighted by atomic mass is 9.82. The number of hydrogen-bond acceptors (Lipinski definition) is 3. The predicted octanol–water partition coefficient (Wildman–Crippen LogP) is 1.95. The molecule has 1 aliphatic heterocycles. The van der Waals surface area contributed by atoms with Crippen molar-refractivity contribution in [2.45, 2.75) is 46.1 Å². The van der Waals surface area contributed by atoms with E-state index in [-0.39, 0.29) is 11.5 Å². The van der Waals surface area contributed by atoms with Gasteiger partial charge in [-0.15, -0.1) is 0 Å². The van der Waals surface area contributed by atoms with Crippen LogP contribution in [0.2, 0.25) is 0 Å². The molecule has 0 atom stereocenters. The zero-order chi connectivity index (χ0) is 13.1. The molecule has 0 unspecified atom stereocenters. The van der Waals surface area contributed by atoms with E-state index < -0.39 is 5.41 Å². The van der Waals surface area contributed by atoms with Crippen LogP contribution in [0.5, 0.6) is 0 Å². The molecule has 0 radical (unpaired) electrons. The Morgan fingerprint density at radius 2 is 2.06 bits per heavy atom. The van der Waals surface area contributed by atoms with E-state index in [9.17, 15) is 10.1 Å². The fraction of sp³-hybridized carbons (Fsp3) is 0.846. The number of nitrogens with zero attached hydrogens (tertiary/aromatic N) is 2. The molecule has 1 saturated heterocycles. The number of morpholine rings is 1. The molecular weight excluding hydrogens is 216 g/mol. The van der Waals surface area contributed by atoms with E-state index in [1.807, 2.05) is 27.7 Å². The first-order chi connectivity index (χ1) is 7.90. The van der Waals surface area contributed by atoms with E-state index >= 15 is 0 Å². The van der Waals surface area contributed by atoms with Crippen molar-refractivity contribution in [2.75, 3.05) is 19.7 Å². The van der Waals surface area contributed by atoms with Crippen LogP contribution in [-0.4, -0.2) is 36.1 Å². The average Bonchev–Trinajstić information content (AvgIpc) is 2.30. The maximum atomic E-state index is 12.4. The molecule has 0 spiro atoms. The summed E-state index contributed by atoms with van der Waals surface area (Å²) in [5.74, 6) is -0.0404. The number of ether oxygens (including phenoxy) is 1. The third-order valence-corrected chi connectivity index (χ3v) is 3.54. The minimum absolute atomic E-state index is 0.0404. The highest BCUT2D eigenvalue weighted by atomic mass is 16.5. The molecule has 1 aliphatic rings. The van der Waals surface area contributed by atoms with Gasteiger partial charge in [-0.1, -0.05) is 13.8 Å². The first-order valence-corrected chi connectivity index (χ1v) is 6.25. The lowest BCUT2D eigenvalue weighted by molar-refractivity contribution is -0.153. The van der Waals surface area contributed by atoms with Crippen molar-refractivity contribution in [3.8, 4) is 6.07 Å². The van der Waals surface area contributed by atoms with Crippen LogP contribution in [0.15, 0.2) is 0 Å². The summed E-state index contributed by atoms with van der Waals surface area (Å²) in [7, 11) is 0. The Morgan fingerprint density at radius 3 is 2.47 bits per heavy atom. The molecule has 1 amide bonds. The number of nitriles is 1. The molecule has 17 heavy (non-hydrogen) atoms. The largest absolute Gasteiger partial charge is 0.372 e. The van der Waals surface area contributed by atoms with E-state index in [2.05, 4.69) is 6.07 Å². The summed E-state index contributed by atoms with van der Waals surface area (Å²) >= 11 is 0. The Labute approximate surface area is 104 Å². The summed E-state index contributed by atoms with van der Waals surface area (Å²) in [5, 5.41) is 9.28. The molecule has 0 aromatic rings. The third kappa shape index (κ3) is 2.78. The lowest BCUT2D eigenvalue weighted by Gasteiger charge is -2.41. The van der Waals surface area contributed by atoms with E-state index in [0.29, 0.717) is 32.5 Å². The molecule has 1 fully saturated rings. The molecule has 1 rings (SSSR count). The zero-order valence-electron chi connectivity index (χ0n) is 11.2. The second kappa shape index (κ2) is 5.05. The minimum atomic E-state index is -0.854. The van der Waals surface area contributed by atoms with Crippen molar-refractivity contribution in [3.05, 3.63) is 0 Å². The first-order valence-electron chi connectivity index (χ1n) is 6.25. The van der Waals surface area contributed by atoms with Gasteiger partial charge in [-0.2, -0.15) is 5.26 Å². The van der Waals surface area contributed by atoms with Crippen LogP contribution < -0.4 is 0 Å². The Bertz CT molecular complexity index is 327. The molecule has 96 valence electrons. The van der Waals surface area contributed by atoms with Gasteiger partial charge < -0.3 is 9.64 Å². The summed E-state index contributed by atoms with van der Waals surface area (Å²) < 4.78 is 5.58. The van der Waals surface area contributed by atoms with Crippen molar-refractivity contribution >= 4 is 5.91 Å². The summed E-state index contributed by atoms with van der Waals surface area (Å²) in [6.45, 7) is 9.44. The maximum absolute atomic E-state index is 12.4. The average molecular weight is 238 g/mol. The van der Waals surface area contributed by atoms with Crippen molar-refractivity contribution in [1.82, 2.24) is 4.90 Å². The molecule has 0 bridgehead atoms. The normalized spacial score (nSPS) is 19.8. The molecule has 0 aromatic carbocycles. The van der Waals surface area contributed by atoms with Gasteiger partial charge in [-0.25, -0.2) is 0 Å². The topological polar surface area (TPSA) is 53.3 Å². The molecule has 0 aliphatic carbocycles. The van der Waals surface area contributed by atoms with E-state index in [4.69, 9.17) is 4.74 Å². The minimum Gasteiger partial charge on any atom is -0.372 e. The molecular formula is C13H22N2O2. The highest BCUT2D eigenvalue weighted by Gasteiger charge is 2.41. The van der Waals surface area contributed by atoms with Crippen LogP contribution in [0.25, 0.3) is 0 Å². The molecule has 4 nitrogen and oxygen atoms in total. The smallest absolute Gasteiger partial charge is 0.243 e. The Balaban J connectivity index is 2.86. The molecule has 0 saturated carbocycles. The SMILES string of the molecule is CCC(C#N)(CC)C(=O)N1CCOC(C)(C)C1. The van der Waals surface area contributed by atoms with Gasteiger partial charge in [-0.3, -0.25) is 4.79 Å². The second-order valence-electron chi connectivity index (χ2n) is 5.24. The Kier molecular flexibility index (Phi) is 4.16. The number of carbonyl (C=O) groups is 1. The van der Waals surface area contributed by atoms with Crippen LogP contribution in [0.4, 0.5) is 0 Å². The Morgan fingerprint density at radius 1 is 1.47 bits per heavy atom. The highest BCUT2D eigenvalue weighted by Crippen LogP contribution is 2.30. The van der Waals surface area contributed by atoms with Gasteiger partial charge in [0.05, 0.1) is 18.3 Å². The summed E-state index contributed by atoms with van der Waals surface area (Å²) in [6, 6.07) is 2.21. The fourth-order valence-corrected chi connectivity index (χ4v) is 2.25. The van der Waals surface area contributed by atoms with Gasteiger partial charge in [0.15, 0.2) is 0 Å².